The number of nitrogens with zero attached hydrogens (tertiary/aromatic N) is 2. The van der Waals surface area contributed by atoms with Gasteiger partial charge in [0.2, 0.25) is 15.9 Å². The molecule has 12 heteroatoms. The average Bonchev–Trinajstić information content (AvgIpc) is 3.48. The molecule has 1 heterocycles. The van der Waals surface area contributed by atoms with Gasteiger partial charge in [-0.1, -0.05) is 23.8 Å². The molecular weight excluding hydrogens is 542 g/mol. The van der Waals surface area contributed by atoms with Gasteiger partial charge >= 0.3 is 0 Å². The lowest BCUT2D eigenvalue weighted by molar-refractivity contribution is -0.114. The third-order valence-corrected chi connectivity index (χ3v) is 10.1. The van der Waals surface area contributed by atoms with Crippen molar-refractivity contribution in [1.29, 1.82) is 0 Å². The number of benzene rings is 3. The molecule has 0 aliphatic carbocycles. The topological polar surface area (TPSA) is 122 Å². The quantitative estimate of drug-likeness (QED) is 0.393. The fourth-order valence-corrected chi connectivity index (χ4v) is 7.22. The van der Waals surface area contributed by atoms with E-state index in [0.717, 1.165) is 22.7 Å². The third-order valence-electron chi connectivity index (χ3n) is 6.39. The molecule has 1 N–H and O–H groups in total. The van der Waals surface area contributed by atoms with Gasteiger partial charge in [0, 0.05) is 19.2 Å². The van der Waals surface area contributed by atoms with Crippen molar-refractivity contribution in [2.75, 3.05) is 43.5 Å². The smallest absolute Gasteiger partial charge is 0.264 e. The Labute approximate surface area is 229 Å². The van der Waals surface area contributed by atoms with Crippen LogP contribution in [0.4, 0.5) is 11.4 Å². The normalized spacial score (nSPS) is 14.1. The van der Waals surface area contributed by atoms with Gasteiger partial charge in [0.05, 0.1) is 35.4 Å². The van der Waals surface area contributed by atoms with Crippen LogP contribution in [0.2, 0.25) is 0 Å². The number of hydrogen-bond donors (Lipinski definition) is 1. The lowest BCUT2D eigenvalue weighted by Gasteiger charge is -2.25. The van der Waals surface area contributed by atoms with Crippen LogP contribution in [-0.2, 0) is 24.8 Å². The van der Waals surface area contributed by atoms with Gasteiger partial charge in [-0.25, -0.2) is 16.8 Å². The van der Waals surface area contributed by atoms with Gasteiger partial charge in [-0.3, -0.25) is 9.10 Å². The number of ether oxygens (including phenoxy) is 2. The average molecular weight is 574 g/mol. The van der Waals surface area contributed by atoms with E-state index in [1.807, 2.05) is 6.92 Å². The number of rotatable bonds is 10. The maximum atomic E-state index is 13.7. The molecule has 10 nitrogen and oxygen atoms in total. The molecule has 0 unspecified atom stereocenters. The van der Waals surface area contributed by atoms with Crippen LogP contribution in [0.3, 0.4) is 0 Å². The Morgan fingerprint density at radius 2 is 1.56 bits per heavy atom. The number of nitrogens with one attached hydrogen (secondary N) is 1. The highest BCUT2D eigenvalue weighted by molar-refractivity contribution is 7.92. The van der Waals surface area contributed by atoms with E-state index in [-0.39, 0.29) is 26.9 Å². The van der Waals surface area contributed by atoms with Gasteiger partial charge < -0.3 is 14.8 Å². The van der Waals surface area contributed by atoms with E-state index >= 15 is 0 Å². The molecule has 208 valence electrons. The molecule has 3 aromatic rings. The number of hydrogen-bond acceptors (Lipinski definition) is 7. The summed E-state index contributed by atoms with van der Waals surface area (Å²) in [6, 6.07) is 16.9. The van der Waals surface area contributed by atoms with E-state index in [1.54, 1.807) is 30.3 Å². The fraction of sp³-hybridized carbons (Fsp3) is 0.296. The summed E-state index contributed by atoms with van der Waals surface area (Å²) in [7, 11) is -5.06. The Morgan fingerprint density at radius 1 is 0.897 bits per heavy atom. The lowest BCUT2D eigenvalue weighted by atomic mass is 10.2. The van der Waals surface area contributed by atoms with E-state index in [0.29, 0.717) is 18.8 Å². The SMILES string of the molecule is COc1cccc(N(CC(=O)Nc2cc(S(=O)(=O)N3CCCC3)ccc2OC)S(=O)(=O)c2ccc(C)cc2)c1. The standard InChI is InChI=1S/C27H31N3O7S2/c1-20-9-11-23(12-10-20)39(34,35)30(21-7-6-8-22(17-21)36-2)19-27(31)28-25-18-24(13-14-26(25)37-3)38(32,33)29-15-4-5-16-29/h6-14,17-18H,4-5,15-16,19H2,1-3H3,(H,28,31). The monoisotopic (exact) mass is 573 g/mol. The molecule has 0 saturated carbocycles. The van der Waals surface area contributed by atoms with E-state index in [1.165, 1.54) is 54.9 Å². The summed E-state index contributed by atoms with van der Waals surface area (Å²) in [5, 5.41) is 2.64. The van der Waals surface area contributed by atoms with Crippen LogP contribution in [0.5, 0.6) is 11.5 Å². The zero-order chi connectivity index (χ0) is 28.2. The Balaban J connectivity index is 1.67. The summed E-state index contributed by atoms with van der Waals surface area (Å²) >= 11 is 0. The fourth-order valence-electron chi connectivity index (χ4n) is 4.26. The van der Waals surface area contributed by atoms with Gasteiger partial charge in [-0.15, -0.1) is 0 Å². The van der Waals surface area contributed by atoms with Gasteiger partial charge in [-0.2, -0.15) is 4.31 Å². The largest absolute Gasteiger partial charge is 0.497 e. The summed E-state index contributed by atoms with van der Waals surface area (Å²) in [5.41, 5.74) is 1.22. The highest BCUT2D eigenvalue weighted by Crippen LogP contribution is 2.31. The van der Waals surface area contributed by atoms with E-state index < -0.39 is 32.5 Å². The van der Waals surface area contributed by atoms with Crippen molar-refractivity contribution in [1.82, 2.24) is 4.31 Å². The molecule has 0 spiro atoms. The molecule has 0 atom stereocenters. The molecule has 39 heavy (non-hydrogen) atoms. The molecule has 0 radical (unpaired) electrons. The third kappa shape index (κ3) is 6.18. The van der Waals surface area contributed by atoms with Crippen molar-refractivity contribution in [3.63, 3.8) is 0 Å². The number of carbonyl (C=O) groups excluding carboxylic acids is 1. The minimum Gasteiger partial charge on any atom is -0.497 e. The number of methoxy groups -OCH3 is 2. The van der Waals surface area contributed by atoms with E-state index in [4.69, 9.17) is 9.47 Å². The molecule has 1 saturated heterocycles. The second-order valence-electron chi connectivity index (χ2n) is 9.05. The van der Waals surface area contributed by atoms with Crippen molar-refractivity contribution in [2.24, 2.45) is 0 Å². The molecule has 1 aliphatic rings. The second-order valence-corrected chi connectivity index (χ2v) is 12.8. The van der Waals surface area contributed by atoms with Gasteiger partial charge in [0.15, 0.2) is 0 Å². The number of amides is 1. The Morgan fingerprint density at radius 3 is 2.21 bits per heavy atom. The summed E-state index contributed by atoms with van der Waals surface area (Å²) in [5.74, 6) is -0.0425. The van der Waals surface area contributed by atoms with Crippen molar-refractivity contribution >= 4 is 37.3 Å². The molecule has 1 aliphatic heterocycles. The number of anilines is 2. The van der Waals surface area contributed by atoms with Gasteiger partial charge in [0.1, 0.15) is 18.0 Å². The maximum absolute atomic E-state index is 13.7. The van der Waals surface area contributed by atoms with Gasteiger partial charge in [0.25, 0.3) is 10.0 Å². The van der Waals surface area contributed by atoms with E-state index in [9.17, 15) is 21.6 Å². The molecule has 3 aromatic carbocycles. The summed E-state index contributed by atoms with van der Waals surface area (Å²) in [6.07, 6.45) is 1.57. The minimum atomic E-state index is -4.16. The van der Waals surface area contributed by atoms with Crippen LogP contribution in [0.15, 0.2) is 76.5 Å². The number of carbonyl (C=O) groups is 1. The first-order valence-corrected chi connectivity index (χ1v) is 15.2. The first-order chi connectivity index (χ1) is 18.6. The number of aryl methyl sites for hydroxylation is 1. The predicted molar refractivity (Wildman–Crippen MR) is 148 cm³/mol. The van der Waals surface area contributed by atoms with Gasteiger partial charge in [-0.05, 0) is 62.2 Å². The molecule has 1 amide bonds. The van der Waals surface area contributed by atoms with Crippen LogP contribution in [0.1, 0.15) is 18.4 Å². The summed E-state index contributed by atoms with van der Waals surface area (Å²) < 4.78 is 66.5. The second kappa shape index (κ2) is 11.6. The Bertz CT molecular complexity index is 1550. The first-order valence-electron chi connectivity index (χ1n) is 12.3. The highest BCUT2D eigenvalue weighted by Gasteiger charge is 2.30. The van der Waals surface area contributed by atoms with Crippen molar-refractivity contribution in [2.45, 2.75) is 29.6 Å². The van der Waals surface area contributed by atoms with Crippen LogP contribution >= 0.6 is 0 Å². The minimum absolute atomic E-state index is 0.0115. The van der Waals surface area contributed by atoms with Crippen LogP contribution in [0.25, 0.3) is 0 Å². The molecule has 4 rings (SSSR count). The summed E-state index contributed by atoms with van der Waals surface area (Å²) in [4.78, 5) is 13.3. The van der Waals surface area contributed by atoms with Crippen molar-refractivity contribution in [3.05, 3.63) is 72.3 Å². The lowest BCUT2D eigenvalue weighted by Crippen LogP contribution is -2.38. The molecule has 0 bridgehead atoms. The van der Waals surface area contributed by atoms with Crippen molar-refractivity contribution < 1.29 is 31.1 Å². The van der Waals surface area contributed by atoms with Crippen LogP contribution in [0, 0.1) is 6.92 Å². The van der Waals surface area contributed by atoms with E-state index in [2.05, 4.69) is 5.32 Å². The van der Waals surface area contributed by atoms with Crippen LogP contribution in [-0.4, -0.2) is 60.9 Å². The molecular formula is C27H31N3O7S2. The maximum Gasteiger partial charge on any atom is 0.264 e. The highest BCUT2D eigenvalue weighted by atomic mass is 32.2. The molecule has 1 fully saturated rings. The Hall–Kier alpha value is -3.61. The first kappa shape index (κ1) is 28.4. The van der Waals surface area contributed by atoms with Crippen LogP contribution < -0.4 is 19.1 Å². The zero-order valence-corrected chi connectivity index (χ0v) is 23.6. The summed E-state index contributed by atoms with van der Waals surface area (Å²) in [6.45, 7) is 2.12. The zero-order valence-electron chi connectivity index (χ0n) is 22.0. The number of sulfonamides is 2. The predicted octanol–water partition coefficient (Wildman–Crippen LogP) is 3.63. The molecule has 0 aromatic heterocycles. The Kier molecular flexibility index (Phi) is 8.48. The van der Waals surface area contributed by atoms with Crippen molar-refractivity contribution in [3.8, 4) is 11.5 Å².